The third kappa shape index (κ3) is 4.39. The molecule has 2 bridgehead atoms. The van der Waals surface area contributed by atoms with Crippen molar-refractivity contribution < 1.29 is 14.2 Å². The van der Waals surface area contributed by atoms with Crippen LogP contribution in [0.1, 0.15) is 44.1 Å². The average Bonchev–Trinajstić information content (AvgIpc) is 3.27. The second-order valence-electron chi connectivity index (χ2n) is 12.0. The van der Waals surface area contributed by atoms with E-state index in [0.29, 0.717) is 40.6 Å². The van der Waals surface area contributed by atoms with Gasteiger partial charge in [0.2, 0.25) is 0 Å². The van der Waals surface area contributed by atoms with E-state index in [0.717, 1.165) is 76.0 Å². The maximum Gasteiger partial charge on any atom is 0.169 e. The van der Waals surface area contributed by atoms with Crippen molar-refractivity contribution in [1.29, 1.82) is 0 Å². The highest BCUT2D eigenvalue weighted by atomic mass is 19.1. The first-order chi connectivity index (χ1) is 19.0. The van der Waals surface area contributed by atoms with Crippen molar-refractivity contribution in [3.8, 4) is 22.8 Å². The summed E-state index contributed by atoms with van der Waals surface area (Å²) >= 11 is 0. The Morgan fingerprint density at radius 2 is 1.90 bits per heavy atom. The number of hydrogen-bond acceptors (Lipinski definition) is 7. The van der Waals surface area contributed by atoms with Crippen LogP contribution in [-0.2, 0) is 5.41 Å². The summed E-state index contributed by atoms with van der Waals surface area (Å²) in [6, 6.07) is 14.6. The largest absolute Gasteiger partial charge is 0.507 e. The minimum atomic E-state index is -0.194. The van der Waals surface area contributed by atoms with Gasteiger partial charge in [0.15, 0.2) is 5.82 Å². The summed E-state index contributed by atoms with van der Waals surface area (Å²) in [6.07, 6.45) is 6.43. The van der Waals surface area contributed by atoms with E-state index in [4.69, 9.17) is 10.5 Å². The molecule has 0 amide bonds. The molecule has 0 radical (unpaired) electrons. The zero-order valence-corrected chi connectivity index (χ0v) is 22.2. The summed E-state index contributed by atoms with van der Waals surface area (Å²) < 4.78 is 21.2. The van der Waals surface area contributed by atoms with Crippen LogP contribution in [0.4, 0.5) is 15.9 Å². The molecular formula is C31H36FN5O2. The van der Waals surface area contributed by atoms with Gasteiger partial charge in [0.05, 0.1) is 11.4 Å². The number of benzene rings is 2. The van der Waals surface area contributed by atoms with E-state index in [2.05, 4.69) is 26.5 Å². The number of para-hydroxylation sites is 1. The molecule has 2 aromatic carbocycles. The molecule has 8 heteroatoms. The number of hydrogen-bond donors (Lipinski definition) is 3. The van der Waals surface area contributed by atoms with Crippen molar-refractivity contribution in [2.75, 3.05) is 36.8 Å². The molecule has 204 valence electrons. The first-order valence-corrected chi connectivity index (χ1v) is 14.3. The van der Waals surface area contributed by atoms with Gasteiger partial charge in [-0.25, -0.2) is 4.39 Å². The quantitative estimate of drug-likeness (QED) is 0.433. The lowest BCUT2D eigenvalue weighted by molar-refractivity contribution is 0.0536. The Balaban J connectivity index is 1.14. The number of rotatable bonds is 5. The number of ether oxygens (including phenoxy) is 1. The fraction of sp³-hybridized carbons (Fsp3) is 0.484. The maximum absolute atomic E-state index is 14.9. The zero-order valence-electron chi connectivity index (χ0n) is 22.2. The summed E-state index contributed by atoms with van der Waals surface area (Å²) in [5, 5.41) is 22.3. The number of halogens is 1. The van der Waals surface area contributed by atoms with Gasteiger partial charge in [-0.15, -0.1) is 10.2 Å². The second kappa shape index (κ2) is 9.66. The van der Waals surface area contributed by atoms with Crippen LogP contribution in [0.5, 0.6) is 11.5 Å². The summed E-state index contributed by atoms with van der Waals surface area (Å²) in [5.41, 5.74) is 9.65. The van der Waals surface area contributed by atoms with Crippen LogP contribution in [0.25, 0.3) is 11.3 Å². The number of aromatic nitrogens is 2. The lowest BCUT2D eigenvalue weighted by Crippen LogP contribution is -2.48. The molecule has 2 unspecified atom stereocenters. The topological polar surface area (TPSA) is 96.5 Å². The minimum absolute atomic E-state index is 0.0305. The second-order valence-corrected chi connectivity index (χ2v) is 12.0. The molecule has 0 spiro atoms. The van der Waals surface area contributed by atoms with Crippen molar-refractivity contribution in [2.45, 2.75) is 50.0 Å². The summed E-state index contributed by atoms with van der Waals surface area (Å²) in [4.78, 5) is 2.36. The predicted octanol–water partition coefficient (Wildman–Crippen LogP) is 4.90. The Morgan fingerprint density at radius 1 is 1.05 bits per heavy atom. The highest BCUT2D eigenvalue weighted by Gasteiger charge is 2.60. The first kappa shape index (κ1) is 24.6. The number of anilines is 2. The molecule has 3 heterocycles. The summed E-state index contributed by atoms with van der Waals surface area (Å²) in [6.45, 7) is 3.68. The van der Waals surface area contributed by atoms with Crippen LogP contribution in [-0.4, -0.2) is 47.6 Å². The number of nitrogens with two attached hydrogens (primary N) is 1. The molecule has 2 saturated carbocycles. The Bertz CT molecular complexity index is 1380. The molecule has 4 N–H and O–H groups in total. The van der Waals surface area contributed by atoms with Gasteiger partial charge < -0.3 is 25.8 Å². The third-order valence-electron chi connectivity index (χ3n) is 9.75. The predicted molar refractivity (Wildman–Crippen MR) is 149 cm³/mol. The Labute approximate surface area is 228 Å². The molecule has 2 saturated heterocycles. The normalized spacial score (nSPS) is 28.4. The van der Waals surface area contributed by atoms with Crippen molar-refractivity contribution in [1.82, 2.24) is 15.5 Å². The molecule has 1 aromatic heterocycles. The monoisotopic (exact) mass is 529 g/mol. The van der Waals surface area contributed by atoms with Crippen molar-refractivity contribution in [2.24, 2.45) is 17.8 Å². The van der Waals surface area contributed by atoms with E-state index in [9.17, 15) is 9.50 Å². The van der Waals surface area contributed by atoms with Gasteiger partial charge in [-0.3, -0.25) is 0 Å². The van der Waals surface area contributed by atoms with E-state index in [1.165, 1.54) is 0 Å². The fourth-order valence-electron chi connectivity index (χ4n) is 7.99. The van der Waals surface area contributed by atoms with Gasteiger partial charge in [0.1, 0.15) is 23.4 Å². The van der Waals surface area contributed by atoms with Crippen LogP contribution >= 0.6 is 0 Å². The van der Waals surface area contributed by atoms with E-state index < -0.39 is 0 Å². The molecule has 2 aliphatic heterocycles. The van der Waals surface area contributed by atoms with E-state index >= 15 is 0 Å². The number of piperidine rings is 1. The lowest BCUT2D eigenvalue weighted by Gasteiger charge is -2.53. The smallest absolute Gasteiger partial charge is 0.169 e. The number of phenols is 1. The van der Waals surface area contributed by atoms with E-state index in [-0.39, 0.29) is 23.1 Å². The molecule has 4 aliphatic rings. The molecule has 4 fully saturated rings. The number of nitrogens with one attached hydrogen (secondary N) is 1. The van der Waals surface area contributed by atoms with E-state index in [1.54, 1.807) is 24.3 Å². The van der Waals surface area contributed by atoms with Gasteiger partial charge >= 0.3 is 0 Å². The Morgan fingerprint density at radius 3 is 2.74 bits per heavy atom. The van der Waals surface area contributed by atoms with Gasteiger partial charge in [0.25, 0.3) is 0 Å². The van der Waals surface area contributed by atoms with Gasteiger partial charge in [-0.2, -0.15) is 0 Å². The number of aromatic hydroxyl groups is 1. The summed E-state index contributed by atoms with van der Waals surface area (Å²) in [5.74, 6) is 2.76. The molecule has 3 aromatic rings. The molecule has 39 heavy (non-hydrogen) atoms. The standard InChI is InChI=1S/C31H36FN5O2/c32-22-12-21(13-24(14-22)39-23-5-8-34-9-6-23)31-16-19-11-26(31)20(17-31)7-10-37(18-19)28-15-27(35-36-30(28)33)25-3-1-2-4-29(25)38/h1-4,12-15,19-20,23,26,34,38H,5-11,16-18H2,(H2,33,36)/t19-,20+,26?,31?/m1/s1. The van der Waals surface area contributed by atoms with Crippen molar-refractivity contribution in [3.63, 3.8) is 0 Å². The highest BCUT2D eigenvalue weighted by Crippen LogP contribution is 2.65. The van der Waals surface area contributed by atoms with Crippen molar-refractivity contribution >= 4 is 11.5 Å². The van der Waals surface area contributed by atoms with Crippen LogP contribution in [0.15, 0.2) is 48.5 Å². The molecular weight excluding hydrogens is 493 g/mol. The van der Waals surface area contributed by atoms with Crippen LogP contribution in [0.2, 0.25) is 0 Å². The number of phenolic OH excluding ortho intramolecular Hbond substituents is 1. The van der Waals surface area contributed by atoms with Gasteiger partial charge in [-0.1, -0.05) is 12.1 Å². The van der Waals surface area contributed by atoms with Crippen LogP contribution < -0.4 is 20.7 Å². The Hall–Kier alpha value is -3.39. The van der Waals surface area contributed by atoms with Gasteiger partial charge in [0, 0.05) is 24.7 Å². The molecule has 7 nitrogen and oxygen atoms in total. The molecule has 7 rings (SSSR count). The molecule has 2 aliphatic carbocycles. The number of nitrogen functional groups attached to an aromatic ring is 1. The van der Waals surface area contributed by atoms with Gasteiger partial charge in [-0.05, 0) is 111 Å². The van der Waals surface area contributed by atoms with Crippen LogP contribution in [0.3, 0.4) is 0 Å². The first-order valence-electron chi connectivity index (χ1n) is 14.3. The average molecular weight is 530 g/mol. The number of fused-ring (bicyclic) bond motifs is 1. The maximum atomic E-state index is 14.9. The zero-order chi connectivity index (χ0) is 26.6. The molecule has 4 atom stereocenters. The SMILES string of the molecule is Nc1nnc(-c2ccccc2O)cc1N1CC[C@H]2CC3(c4cc(F)cc(OC5CCNCC5)c4)C[C@@H](CC23)C1. The third-order valence-corrected chi connectivity index (χ3v) is 9.75. The van der Waals surface area contributed by atoms with Crippen LogP contribution in [0, 0.1) is 23.6 Å². The summed E-state index contributed by atoms with van der Waals surface area (Å²) in [7, 11) is 0. The van der Waals surface area contributed by atoms with Crippen molar-refractivity contribution in [3.05, 3.63) is 59.9 Å². The lowest BCUT2D eigenvalue weighted by atomic mass is 9.52. The minimum Gasteiger partial charge on any atom is -0.507 e. The fourth-order valence-corrected chi connectivity index (χ4v) is 7.99. The highest BCUT2D eigenvalue weighted by molar-refractivity contribution is 5.74. The Kier molecular flexibility index (Phi) is 6.10. The van der Waals surface area contributed by atoms with E-state index in [1.807, 2.05) is 18.2 Å². The number of nitrogens with zero attached hydrogens (tertiary/aromatic N) is 3.